The Labute approximate surface area is 189 Å². The molecule has 0 amide bonds. The number of rotatable bonds is 3. The molecule has 1 heterocycles. The summed E-state index contributed by atoms with van der Waals surface area (Å²) in [5, 5.41) is 0. The first-order chi connectivity index (χ1) is 15.9. The number of alkyl halides is 6. The molecule has 0 radical (unpaired) electrons. The first-order valence-corrected chi connectivity index (χ1v) is 9.86. The maximum absolute atomic E-state index is 13.1. The Morgan fingerprint density at radius 1 is 0.706 bits per heavy atom. The third-order valence-corrected chi connectivity index (χ3v) is 5.21. The second-order valence-electron chi connectivity index (χ2n) is 7.55. The molecule has 1 aliphatic rings. The molecule has 0 aliphatic carbocycles. The molecule has 1 fully saturated rings. The number of hydrogen-bond donors (Lipinski definition) is 0. The summed E-state index contributed by atoms with van der Waals surface area (Å²) < 4.78 is 83.4. The van der Waals surface area contributed by atoms with E-state index in [1.807, 2.05) is 30.3 Å². The molecule has 0 N–H and O–H groups in total. The van der Waals surface area contributed by atoms with Gasteiger partial charge in [0.25, 0.3) is 0 Å². The molecule has 1 atom stereocenters. The number of halogens is 6. The normalized spacial score (nSPS) is 17.8. The fourth-order valence-electron chi connectivity index (χ4n) is 3.57. The number of carbonyl (C=O) groups is 2. The molecule has 1 aliphatic heterocycles. The average molecular weight is 476 g/mol. The quantitative estimate of drug-likeness (QED) is 0.184. The Kier molecular flexibility index (Phi) is 5.80. The zero-order valence-corrected chi connectivity index (χ0v) is 17.1. The maximum atomic E-state index is 13.1. The molecule has 0 spiro atoms. The SMILES string of the molecule is O=C1O/C(=C\c2cc(C(F)(F)F)cc(C(F)(F)F)c2)C(=O)C1c1ccc(-c2ccccc2)cc1. The smallest absolute Gasteiger partial charge is 0.416 e. The number of ketones is 1. The zero-order chi connectivity index (χ0) is 24.7. The van der Waals surface area contributed by atoms with E-state index in [1.165, 1.54) is 0 Å². The molecule has 0 bridgehead atoms. The Morgan fingerprint density at radius 2 is 1.24 bits per heavy atom. The lowest BCUT2D eigenvalue weighted by molar-refractivity contribution is -0.143. The highest BCUT2D eigenvalue weighted by atomic mass is 19.4. The third-order valence-electron chi connectivity index (χ3n) is 5.21. The van der Waals surface area contributed by atoms with Gasteiger partial charge in [-0.2, -0.15) is 26.3 Å². The van der Waals surface area contributed by atoms with Gasteiger partial charge in [-0.05, 0) is 46.5 Å². The second kappa shape index (κ2) is 8.48. The number of carbonyl (C=O) groups excluding carboxylic acids is 2. The largest absolute Gasteiger partial charge is 0.422 e. The summed E-state index contributed by atoms with van der Waals surface area (Å²) in [6, 6.07) is 16.6. The number of cyclic esters (lactones) is 1. The van der Waals surface area contributed by atoms with Gasteiger partial charge < -0.3 is 4.74 Å². The minimum absolute atomic E-state index is 0.0262. The van der Waals surface area contributed by atoms with Crippen molar-refractivity contribution in [2.75, 3.05) is 0 Å². The lowest BCUT2D eigenvalue weighted by atomic mass is 9.93. The molecule has 3 aromatic rings. The van der Waals surface area contributed by atoms with Gasteiger partial charge in [0.1, 0.15) is 5.92 Å². The predicted molar refractivity (Wildman–Crippen MR) is 110 cm³/mol. The lowest BCUT2D eigenvalue weighted by Crippen LogP contribution is -2.12. The fourth-order valence-corrected chi connectivity index (χ4v) is 3.57. The minimum Gasteiger partial charge on any atom is -0.422 e. The Bertz CT molecular complexity index is 1240. The number of esters is 1. The molecule has 4 rings (SSSR count). The van der Waals surface area contributed by atoms with Crippen LogP contribution in [0.2, 0.25) is 0 Å². The monoisotopic (exact) mass is 476 g/mol. The van der Waals surface area contributed by atoms with Gasteiger partial charge in [0, 0.05) is 0 Å². The van der Waals surface area contributed by atoms with Crippen LogP contribution in [0.4, 0.5) is 26.3 Å². The van der Waals surface area contributed by atoms with E-state index in [2.05, 4.69) is 0 Å². The zero-order valence-electron chi connectivity index (χ0n) is 17.1. The van der Waals surface area contributed by atoms with Crippen molar-refractivity contribution in [2.24, 2.45) is 0 Å². The van der Waals surface area contributed by atoms with Crippen molar-refractivity contribution in [3.63, 3.8) is 0 Å². The summed E-state index contributed by atoms with van der Waals surface area (Å²) in [7, 11) is 0. The Hall–Kier alpha value is -3.88. The molecule has 0 saturated carbocycles. The predicted octanol–water partition coefficient (Wildman–Crippen LogP) is 6.64. The van der Waals surface area contributed by atoms with Crippen molar-refractivity contribution in [1.82, 2.24) is 0 Å². The van der Waals surface area contributed by atoms with Gasteiger partial charge in [0.15, 0.2) is 5.76 Å². The molecule has 174 valence electrons. The van der Waals surface area contributed by atoms with Gasteiger partial charge in [-0.25, -0.2) is 0 Å². The number of hydrogen-bond acceptors (Lipinski definition) is 3. The number of allylic oxidation sites excluding steroid dienone is 1. The molecule has 9 heteroatoms. The molecule has 1 unspecified atom stereocenters. The highest BCUT2D eigenvalue weighted by Gasteiger charge is 2.42. The molecule has 1 saturated heterocycles. The highest BCUT2D eigenvalue weighted by Crippen LogP contribution is 2.38. The number of ether oxygens (including phenoxy) is 1. The van der Waals surface area contributed by atoms with Crippen LogP contribution in [0.25, 0.3) is 17.2 Å². The lowest BCUT2D eigenvalue weighted by Gasteiger charge is -2.13. The van der Waals surface area contributed by atoms with Crippen molar-refractivity contribution >= 4 is 17.8 Å². The van der Waals surface area contributed by atoms with Gasteiger partial charge in [-0.15, -0.1) is 0 Å². The summed E-state index contributed by atoms with van der Waals surface area (Å²) in [5.41, 5.74) is -1.64. The standard InChI is InChI=1S/C25H14F6O3/c26-24(27,28)18-10-14(11-19(13-18)25(29,30)31)12-20-22(32)21(23(33)34-20)17-8-6-16(7-9-17)15-4-2-1-3-5-15/h1-13,21H/b20-12-. The third kappa shape index (κ3) is 4.73. The van der Waals surface area contributed by atoms with E-state index in [-0.39, 0.29) is 11.6 Å². The highest BCUT2D eigenvalue weighted by molar-refractivity contribution is 6.19. The molecular weight excluding hydrogens is 462 g/mol. The first-order valence-electron chi connectivity index (χ1n) is 9.86. The van der Waals surface area contributed by atoms with Crippen LogP contribution in [0.15, 0.2) is 78.6 Å². The van der Waals surface area contributed by atoms with Crippen LogP contribution in [-0.4, -0.2) is 11.8 Å². The molecule has 34 heavy (non-hydrogen) atoms. The van der Waals surface area contributed by atoms with Crippen molar-refractivity contribution in [3.8, 4) is 11.1 Å². The Balaban J connectivity index is 1.66. The number of Topliss-reactive ketones (excluding diaryl/α,β-unsaturated/α-hetero) is 1. The van der Waals surface area contributed by atoms with Gasteiger partial charge >= 0.3 is 18.3 Å². The molecular formula is C25H14F6O3. The van der Waals surface area contributed by atoms with Crippen molar-refractivity contribution in [1.29, 1.82) is 0 Å². The van der Waals surface area contributed by atoms with Crippen LogP contribution in [0.3, 0.4) is 0 Å². The molecule has 3 aromatic carbocycles. The van der Waals surface area contributed by atoms with Crippen molar-refractivity contribution < 1.29 is 40.7 Å². The molecule has 3 nitrogen and oxygen atoms in total. The summed E-state index contributed by atoms with van der Waals surface area (Å²) >= 11 is 0. The topological polar surface area (TPSA) is 43.4 Å². The van der Waals surface area contributed by atoms with Gasteiger partial charge in [0.05, 0.1) is 11.1 Å². The Morgan fingerprint density at radius 3 is 1.76 bits per heavy atom. The van der Waals surface area contributed by atoms with Crippen LogP contribution in [0.5, 0.6) is 0 Å². The fraction of sp³-hybridized carbons (Fsp3) is 0.120. The molecule has 0 aromatic heterocycles. The van der Waals surface area contributed by atoms with Crippen LogP contribution in [-0.2, 0) is 26.7 Å². The van der Waals surface area contributed by atoms with Crippen LogP contribution < -0.4 is 0 Å². The van der Waals surface area contributed by atoms with Gasteiger partial charge in [-0.1, -0.05) is 54.6 Å². The van der Waals surface area contributed by atoms with E-state index in [9.17, 15) is 35.9 Å². The van der Waals surface area contributed by atoms with E-state index >= 15 is 0 Å². The summed E-state index contributed by atoms with van der Waals surface area (Å²) in [6.45, 7) is 0. The summed E-state index contributed by atoms with van der Waals surface area (Å²) in [5.74, 6) is -3.83. The van der Waals surface area contributed by atoms with E-state index < -0.39 is 52.5 Å². The van der Waals surface area contributed by atoms with Crippen LogP contribution in [0.1, 0.15) is 28.2 Å². The van der Waals surface area contributed by atoms with E-state index in [4.69, 9.17) is 4.74 Å². The average Bonchev–Trinajstić information content (AvgIpc) is 3.06. The van der Waals surface area contributed by atoms with E-state index in [0.717, 1.165) is 11.1 Å². The second-order valence-corrected chi connectivity index (χ2v) is 7.55. The minimum atomic E-state index is -5.05. The summed E-state index contributed by atoms with van der Waals surface area (Å²) in [6.07, 6.45) is -9.38. The van der Waals surface area contributed by atoms with E-state index in [1.54, 1.807) is 24.3 Å². The van der Waals surface area contributed by atoms with Crippen LogP contribution in [0, 0.1) is 0 Å². The van der Waals surface area contributed by atoms with Crippen LogP contribution >= 0.6 is 0 Å². The van der Waals surface area contributed by atoms with Crippen molar-refractivity contribution in [3.05, 3.63) is 101 Å². The maximum Gasteiger partial charge on any atom is 0.416 e. The first kappa shape index (κ1) is 23.3. The van der Waals surface area contributed by atoms with Gasteiger partial charge in [-0.3, -0.25) is 9.59 Å². The van der Waals surface area contributed by atoms with Gasteiger partial charge in [0.2, 0.25) is 5.78 Å². The number of benzene rings is 3. The summed E-state index contributed by atoms with van der Waals surface area (Å²) in [4.78, 5) is 25.1. The van der Waals surface area contributed by atoms with E-state index in [0.29, 0.717) is 18.2 Å². The van der Waals surface area contributed by atoms with Crippen molar-refractivity contribution in [2.45, 2.75) is 18.3 Å².